The Morgan fingerprint density at radius 3 is 2.64 bits per heavy atom. The van der Waals surface area contributed by atoms with E-state index in [0.717, 1.165) is 18.8 Å². The van der Waals surface area contributed by atoms with Crippen LogP contribution in [0.15, 0.2) is 18.3 Å². The van der Waals surface area contributed by atoms with Crippen LogP contribution in [0.1, 0.15) is 27.2 Å². The van der Waals surface area contributed by atoms with Gasteiger partial charge in [0.2, 0.25) is 0 Å². The van der Waals surface area contributed by atoms with Crippen LogP contribution in [0.2, 0.25) is 0 Å². The number of hydrogen-bond acceptors (Lipinski definition) is 3. The first-order chi connectivity index (χ1) is 6.53. The Kier molecular flexibility index (Phi) is 3.33. The number of nitrogen functional groups attached to an aromatic ring is 1. The van der Waals surface area contributed by atoms with Gasteiger partial charge in [0.15, 0.2) is 0 Å². The second-order valence-corrected chi connectivity index (χ2v) is 4.35. The van der Waals surface area contributed by atoms with Crippen LogP contribution in [0, 0.1) is 5.41 Å². The summed E-state index contributed by atoms with van der Waals surface area (Å²) in [4.78, 5) is 4.18. The van der Waals surface area contributed by atoms with Gasteiger partial charge < -0.3 is 11.1 Å². The minimum absolute atomic E-state index is 0.309. The Hall–Kier alpha value is -1.25. The molecule has 14 heavy (non-hydrogen) atoms. The van der Waals surface area contributed by atoms with Gasteiger partial charge in [0.05, 0.1) is 11.9 Å². The zero-order valence-corrected chi connectivity index (χ0v) is 9.17. The molecule has 1 aromatic heterocycles. The first-order valence-electron chi connectivity index (χ1n) is 4.99. The third-order valence-electron chi connectivity index (χ3n) is 2.49. The summed E-state index contributed by atoms with van der Waals surface area (Å²) in [6.07, 6.45) is 2.82. The van der Waals surface area contributed by atoms with Crippen LogP contribution < -0.4 is 11.1 Å². The van der Waals surface area contributed by atoms with Gasteiger partial charge in [-0.2, -0.15) is 0 Å². The highest BCUT2D eigenvalue weighted by atomic mass is 15.0. The first kappa shape index (κ1) is 10.8. The van der Waals surface area contributed by atoms with E-state index in [4.69, 9.17) is 5.73 Å². The van der Waals surface area contributed by atoms with Gasteiger partial charge in [0.25, 0.3) is 0 Å². The van der Waals surface area contributed by atoms with Gasteiger partial charge in [-0.25, -0.2) is 4.98 Å². The molecule has 0 amide bonds. The van der Waals surface area contributed by atoms with Gasteiger partial charge in [-0.1, -0.05) is 20.8 Å². The van der Waals surface area contributed by atoms with Gasteiger partial charge >= 0.3 is 0 Å². The van der Waals surface area contributed by atoms with Crippen molar-refractivity contribution in [1.82, 2.24) is 4.98 Å². The van der Waals surface area contributed by atoms with E-state index in [2.05, 4.69) is 31.1 Å². The largest absolute Gasteiger partial charge is 0.397 e. The number of pyridine rings is 1. The number of hydrogen-bond donors (Lipinski definition) is 2. The molecule has 0 radical (unpaired) electrons. The fraction of sp³-hybridized carbons (Fsp3) is 0.545. The van der Waals surface area contributed by atoms with Crippen LogP contribution in [0.3, 0.4) is 0 Å². The molecule has 0 aromatic carbocycles. The normalized spacial score (nSPS) is 11.4. The minimum Gasteiger partial charge on any atom is -0.397 e. The SMILES string of the molecule is CCC(C)(C)CNc1ccc(N)cn1. The maximum atomic E-state index is 5.54. The molecule has 0 saturated heterocycles. The Morgan fingerprint density at radius 1 is 1.43 bits per heavy atom. The number of nitrogens with one attached hydrogen (secondary N) is 1. The Labute approximate surface area is 85.7 Å². The molecule has 3 nitrogen and oxygen atoms in total. The highest BCUT2D eigenvalue weighted by Gasteiger charge is 2.14. The summed E-state index contributed by atoms with van der Waals surface area (Å²) in [5.74, 6) is 0.890. The molecule has 1 aromatic rings. The quantitative estimate of drug-likeness (QED) is 0.772. The van der Waals surface area contributed by atoms with Crippen LogP contribution in [0.25, 0.3) is 0 Å². The molecule has 0 aliphatic heterocycles. The number of anilines is 2. The zero-order chi connectivity index (χ0) is 10.6. The van der Waals surface area contributed by atoms with E-state index in [-0.39, 0.29) is 0 Å². The summed E-state index contributed by atoms with van der Waals surface area (Å²) in [7, 11) is 0. The molecule has 0 aliphatic rings. The molecule has 0 saturated carbocycles. The lowest BCUT2D eigenvalue weighted by Crippen LogP contribution is -2.22. The maximum Gasteiger partial charge on any atom is 0.126 e. The number of nitrogens with two attached hydrogens (primary N) is 1. The van der Waals surface area contributed by atoms with E-state index < -0.39 is 0 Å². The highest BCUT2D eigenvalue weighted by molar-refractivity contribution is 5.43. The molecule has 0 bridgehead atoms. The van der Waals surface area contributed by atoms with Gasteiger partial charge in [0.1, 0.15) is 5.82 Å². The van der Waals surface area contributed by atoms with Crippen molar-refractivity contribution < 1.29 is 0 Å². The maximum absolute atomic E-state index is 5.54. The van der Waals surface area contributed by atoms with Gasteiger partial charge in [-0.05, 0) is 24.0 Å². The van der Waals surface area contributed by atoms with Crippen molar-refractivity contribution in [2.75, 3.05) is 17.6 Å². The van der Waals surface area contributed by atoms with Crippen molar-refractivity contribution in [3.05, 3.63) is 18.3 Å². The molecule has 0 spiro atoms. The Morgan fingerprint density at radius 2 is 2.14 bits per heavy atom. The van der Waals surface area contributed by atoms with E-state index in [1.165, 1.54) is 0 Å². The number of aromatic nitrogens is 1. The molecule has 0 unspecified atom stereocenters. The summed E-state index contributed by atoms with van der Waals surface area (Å²) >= 11 is 0. The van der Waals surface area contributed by atoms with Crippen LogP contribution in [0.4, 0.5) is 11.5 Å². The zero-order valence-electron chi connectivity index (χ0n) is 9.17. The molecular weight excluding hydrogens is 174 g/mol. The van der Waals surface area contributed by atoms with E-state index >= 15 is 0 Å². The predicted molar refractivity (Wildman–Crippen MR) is 61.2 cm³/mol. The monoisotopic (exact) mass is 193 g/mol. The van der Waals surface area contributed by atoms with Crippen LogP contribution in [-0.4, -0.2) is 11.5 Å². The molecule has 0 atom stereocenters. The number of rotatable bonds is 4. The van der Waals surface area contributed by atoms with E-state index in [1.807, 2.05) is 12.1 Å². The average Bonchev–Trinajstić information content (AvgIpc) is 2.17. The van der Waals surface area contributed by atoms with Crippen molar-refractivity contribution in [1.29, 1.82) is 0 Å². The summed E-state index contributed by atoms with van der Waals surface area (Å²) in [6, 6.07) is 3.76. The lowest BCUT2D eigenvalue weighted by atomic mass is 9.90. The number of nitrogens with zero attached hydrogens (tertiary/aromatic N) is 1. The van der Waals surface area contributed by atoms with E-state index in [1.54, 1.807) is 6.20 Å². The summed E-state index contributed by atoms with van der Waals surface area (Å²) in [5, 5.41) is 3.30. The lowest BCUT2D eigenvalue weighted by Gasteiger charge is -2.23. The smallest absolute Gasteiger partial charge is 0.126 e. The predicted octanol–water partition coefficient (Wildman–Crippen LogP) is 2.51. The third-order valence-corrected chi connectivity index (χ3v) is 2.49. The Bertz CT molecular complexity index is 277. The lowest BCUT2D eigenvalue weighted by molar-refractivity contribution is 0.376. The highest BCUT2D eigenvalue weighted by Crippen LogP contribution is 2.19. The van der Waals surface area contributed by atoms with E-state index in [9.17, 15) is 0 Å². The molecule has 0 aliphatic carbocycles. The molecule has 1 heterocycles. The van der Waals surface area contributed by atoms with Gasteiger partial charge in [-0.15, -0.1) is 0 Å². The average molecular weight is 193 g/mol. The third kappa shape index (κ3) is 3.24. The van der Waals surface area contributed by atoms with Crippen LogP contribution in [-0.2, 0) is 0 Å². The summed E-state index contributed by atoms with van der Waals surface area (Å²) in [6.45, 7) is 7.59. The van der Waals surface area contributed by atoms with Crippen molar-refractivity contribution in [2.45, 2.75) is 27.2 Å². The minimum atomic E-state index is 0.309. The standard InChI is InChI=1S/C11H19N3/c1-4-11(2,3)8-14-10-6-5-9(12)7-13-10/h5-7H,4,8,12H2,1-3H3,(H,13,14). The molecule has 1 rings (SSSR count). The second kappa shape index (κ2) is 4.31. The van der Waals surface area contributed by atoms with Crippen molar-refractivity contribution >= 4 is 11.5 Å². The van der Waals surface area contributed by atoms with Crippen molar-refractivity contribution in [2.24, 2.45) is 5.41 Å². The van der Waals surface area contributed by atoms with Crippen molar-refractivity contribution in [3.63, 3.8) is 0 Å². The van der Waals surface area contributed by atoms with E-state index in [0.29, 0.717) is 11.1 Å². The topological polar surface area (TPSA) is 50.9 Å². The van der Waals surface area contributed by atoms with Crippen LogP contribution >= 0.6 is 0 Å². The molecule has 3 heteroatoms. The Balaban J connectivity index is 2.50. The fourth-order valence-corrected chi connectivity index (χ4v) is 0.965. The molecule has 0 fully saturated rings. The summed E-state index contributed by atoms with van der Waals surface area (Å²) < 4.78 is 0. The van der Waals surface area contributed by atoms with Crippen LogP contribution in [0.5, 0.6) is 0 Å². The van der Waals surface area contributed by atoms with Gasteiger partial charge in [-0.3, -0.25) is 0 Å². The first-order valence-corrected chi connectivity index (χ1v) is 4.99. The molecule has 3 N–H and O–H groups in total. The van der Waals surface area contributed by atoms with Crippen molar-refractivity contribution in [3.8, 4) is 0 Å². The molecular formula is C11H19N3. The summed E-state index contributed by atoms with van der Waals surface area (Å²) in [5.41, 5.74) is 6.55. The fourth-order valence-electron chi connectivity index (χ4n) is 0.965. The molecule has 78 valence electrons. The van der Waals surface area contributed by atoms with Gasteiger partial charge in [0, 0.05) is 6.54 Å². The second-order valence-electron chi connectivity index (χ2n) is 4.35.